The molecule has 8 nitrogen and oxygen atoms in total. The Kier molecular flexibility index (Phi) is 16.3. The van der Waals surface area contributed by atoms with Crippen molar-refractivity contribution in [3.63, 3.8) is 0 Å². The number of fused-ring (bicyclic) bond motifs is 3. The lowest BCUT2D eigenvalue weighted by molar-refractivity contribution is 0.271. The number of thiazole rings is 2. The number of rotatable bonds is 16. The van der Waals surface area contributed by atoms with Crippen LogP contribution in [0, 0.1) is 29.7 Å². The number of benzene rings is 8. The molecular weight excluding hydrogens is 1160 g/mol. The van der Waals surface area contributed by atoms with Crippen molar-refractivity contribution in [1.29, 1.82) is 5.26 Å². The SMILES string of the molecule is [C-]#[N+]/C(c1nc2ccccc2s1)=c1\c2c(-c3cccc(OCC(C)C)c3)n(B(c3ccc(Cl)cc3)c3ccc(Cl)cc3)/c(=C(/C#N)c3nc4ccccc4s3)c2c(-c2cccc(OCC(C)C)c2)n1B(c1ccc(Cl)cc1)c1ccc(Cl)cc1. The predicted molar refractivity (Wildman–Crippen MR) is 354 cm³/mol. The Balaban J connectivity index is 1.44. The van der Waals surface area contributed by atoms with Crippen LogP contribution in [0.3, 0.4) is 0 Å². The first-order valence-corrected chi connectivity index (χ1v) is 30.5. The van der Waals surface area contributed by atoms with Gasteiger partial charge < -0.3 is 18.4 Å². The number of nitriles is 1. The van der Waals surface area contributed by atoms with Gasteiger partial charge in [-0.2, -0.15) is 5.26 Å². The van der Waals surface area contributed by atoms with Gasteiger partial charge in [0.15, 0.2) is 0 Å². The Hall–Kier alpha value is -8.03. The van der Waals surface area contributed by atoms with E-state index in [2.05, 4.69) is 71.8 Å². The highest BCUT2D eigenvalue weighted by atomic mass is 35.5. The van der Waals surface area contributed by atoms with Crippen molar-refractivity contribution in [2.75, 3.05) is 13.2 Å². The van der Waals surface area contributed by atoms with E-state index in [1.165, 1.54) is 22.7 Å². The third kappa shape index (κ3) is 11.1. The summed E-state index contributed by atoms with van der Waals surface area (Å²) in [5, 5.41) is 18.1. The van der Waals surface area contributed by atoms with Gasteiger partial charge >= 0.3 is 13.7 Å². The molecule has 0 atom stereocenters. The highest BCUT2D eigenvalue weighted by molar-refractivity contribution is 7.20. The van der Waals surface area contributed by atoms with Crippen LogP contribution in [-0.4, -0.2) is 45.8 Å². The van der Waals surface area contributed by atoms with Gasteiger partial charge in [0.2, 0.25) is 5.70 Å². The van der Waals surface area contributed by atoms with Crippen molar-refractivity contribution in [2.24, 2.45) is 11.8 Å². The molecule has 0 fully saturated rings. The minimum Gasteiger partial charge on any atom is -0.493 e. The van der Waals surface area contributed by atoms with Crippen LogP contribution in [-0.2, 0) is 0 Å². The maximum absolute atomic E-state index is 12.4. The largest absolute Gasteiger partial charge is 0.493 e. The smallest absolute Gasteiger partial charge is 0.328 e. The van der Waals surface area contributed by atoms with Gasteiger partial charge in [0.25, 0.3) is 0 Å². The maximum atomic E-state index is 12.4. The lowest BCUT2D eigenvalue weighted by atomic mass is 9.50. The van der Waals surface area contributed by atoms with Crippen molar-refractivity contribution < 1.29 is 9.47 Å². The maximum Gasteiger partial charge on any atom is 0.328 e. The van der Waals surface area contributed by atoms with Crippen LogP contribution in [0.5, 0.6) is 11.5 Å². The van der Waals surface area contributed by atoms with E-state index >= 15 is 0 Å². The summed E-state index contributed by atoms with van der Waals surface area (Å²) < 4.78 is 19.7. The molecule has 0 unspecified atom stereocenters. The number of hydrogen-bond acceptors (Lipinski definition) is 7. The lowest BCUT2D eigenvalue weighted by Gasteiger charge is -2.25. The van der Waals surface area contributed by atoms with Gasteiger partial charge in [0, 0.05) is 58.7 Å². The monoisotopic (exact) mass is 1210 g/mol. The fraction of sp³-hybridized carbons (Fsp3) is 0.118. The normalized spacial score (nSPS) is 12.2. The summed E-state index contributed by atoms with van der Waals surface area (Å²) in [6, 6.07) is 66.2. The third-order valence-corrected chi connectivity index (χ3v) is 17.6. The summed E-state index contributed by atoms with van der Waals surface area (Å²) in [7, 11) is 0. The van der Waals surface area contributed by atoms with E-state index in [1.54, 1.807) is 0 Å². The topological polar surface area (TPSA) is 82.2 Å². The Morgan fingerprint density at radius 1 is 0.524 bits per heavy atom. The number of hydrogen-bond donors (Lipinski definition) is 0. The molecule has 8 aromatic carbocycles. The minimum absolute atomic E-state index is 0.224. The first-order chi connectivity index (χ1) is 40.8. The van der Waals surface area contributed by atoms with Gasteiger partial charge in [-0.3, -0.25) is 0 Å². The second-order valence-corrected chi connectivity index (χ2v) is 25.1. The molecule has 0 N–H and O–H groups in total. The second kappa shape index (κ2) is 24.3. The summed E-state index contributed by atoms with van der Waals surface area (Å²) in [5.74, 6) is 1.74. The molecule has 12 aromatic rings. The fourth-order valence-corrected chi connectivity index (χ4v) is 13.3. The Bertz CT molecular complexity index is 4210. The van der Waals surface area contributed by atoms with Crippen molar-refractivity contribution in [1.82, 2.24) is 18.9 Å². The highest BCUT2D eigenvalue weighted by Crippen LogP contribution is 2.40. The summed E-state index contributed by atoms with van der Waals surface area (Å²) in [6.07, 6.45) is 0. The van der Waals surface area contributed by atoms with Crippen molar-refractivity contribution in [2.45, 2.75) is 27.7 Å². The van der Waals surface area contributed by atoms with Gasteiger partial charge in [-0.15, -0.1) is 22.7 Å². The van der Waals surface area contributed by atoms with Crippen LogP contribution < -0.4 is 42.0 Å². The zero-order chi connectivity index (χ0) is 58.2. The third-order valence-electron chi connectivity index (χ3n) is 14.5. The van der Waals surface area contributed by atoms with E-state index in [0.717, 1.165) is 53.4 Å². The molecule has 4 heterocycles. The van der Waals surface area contributed by atoms with Gasteiger partial charge in [-0.1, -0.05) is 193 Å². The number of nitrogens with zero attached hydrogens (tertiary/aromatic N) is 6. The summed E-state index contributed by atoms with van der Waals surface area (Å²) >= 11 is 30.1. The summed E-state index contributed by atoms with van der Waals surface area (Å²) in [6.45, 7) is 17.7. The molecule has 4 aromatic heterocycles. The van der Waals surface area contributed by atoms with Crippen molar-refractivity contribution in [3.8, 4) is 40.1 Å². The summed E-state index contributed by atoms with van der Waals surface area (Å²) in [4.78, 5) is 15.3. The molecule has 12 rings (SSSR count). The molecule has 0 bridgehead atoms. The van der Waals surface area contributed by atoms with Crippen molar-refractivity contribution >= 4 is 147 Å². The van der Waals surface area contributed by atoms with Gasteiger partial charge in [0.05, 0.1) is 45.6 Å². The average Bonchev–Trinajstić information content (AvgIpc) is 1.63. The number of aromatic nitrogens is 4. The standard InChI is InChI=1S/C68H50B2Cl4N6O2S2/c1-41(2)39-81-53-14-10-12-43(36-53)63-60-61(66(62(76-5)68-78-57-17-7-9-19-59(57)84-68)80(63)70(47-24-32-51(73)33-25-47)48-26-34-52(74)35-27-48)64(44-13-11-15-54(37-44)82-40-42(3)4)79(65(60)55(38-75)67-77-56-16-6-8-18-58(56)83-67)69(45-20-28-49(71)29-21-45)46-22-30-50(72)31-23-46/h6-37,41-42H,39-40H2,1-4H3/b65-55-,66-62+. The molecule has 0 saturated carbocycles. The molecule has 16 heteroatoms. The molecule has 0 radical (unpaired) electrons. The van der Waals surface area contributed by atoms with Crippen LogP contribution in [0.25, 0.3) is 69.8 Å². The zero-order valence-corrected chi connectivity index (χ0v) is 50.7. The Morgan fingerprint density at radius 2 is 0.905 bits per heavy atom. The Labute approximate surface area is 516 Å². The zero-order valence-electron chi connectivity index (χ0n) is 46.0. The molecule has 0 aliphatic rings. The molecule has 0 aliphatic heterocycles. The first kappa shape index (κ1) is 56.5. The van der Waals surface area contributed by atoms with Gasteiger partial charge in [-0.05, 0) is 109 Å². The van der Waals surface area contributed by atoms with E-state index in [0.29, 0.717) is 93.3 Å². The molecular formula is C68H50B2Cl4N6O2S2. The minimum atomic E-state index is -0.688. The molecule has 410 valence electrons. The van der Waals surface area contributed by atoms with E-state index in [4.69, 9.17) is 65.8 Å². The van der Waals surface area contributed by atoms with E-state index in [-0.39, 0.29) is 17.5 Å². The first-order valence-electron chi connectivity index (χ1n) is 27.4. The van der Waals surface area contributed by atoms with Crippen LogP contribution in [0.4, 0.5) is 0 Å². The van der Waals surface area contributed by atoms with Gasteiger partial charge in [0.1, 0.15) is 33.2 Å². The number of ether oxygens (including phenoxy) is 2. The van der Waals surface area contributed by atoms with Crippen molar-refractivity contribution in [3.05, 3.63) is 246 Å². The van der Waals surface area contributed by atoms with E-state index < -0.39 is 13.7 Å². The number of para-hydroxylation sites is 2. The quantitative estimate of drug-likeness (QED) is 0.0711. The van der Waals surface area contributed by atoms with Crippen LogP contribution in [0.1, 0.15) is 37.7 Å². The highest BCUT2D eigenvalue weighted by Gasteiger charge is 2.38. The van der Waals surface area contributed by atoms with Crippen LogP contribution in [0.15, 0.2) is 194 Å². The van der Waals surface area contributed by atoms with E-state index in [9.17, 15) is 11.8 Å². The van der Waals surface area contributed by atoms with Crippen LogP contribution in [0.2, 0.25) is 20.1 Å². The molecule has 0 aliphatic carbocycles. The van der Waals surface area contributed by atoms with E-state index in [1.807, 2.05) is 170 Å². The fourth-order valence-electron chi connectivity index (χ4n) is 10.9. The second-order valence-electron chi connectivity index (χ2n) is 21.3. The Morgan fingerprint density at radius 3 is 1.30 bits per heavy atom. The molecule has 0 saturated heterocycles. The molecule has 0 spiro atoms. The molecule has 0 amide bonds. The van der Waals surface area contributed by atoms with Crippen LogP contribution >= 0.6 is 69.1 Å². The van der Waals surface area contributed by atoms with Gasteiger partial charge in [-0.25, -0.2) is 14.8 Å². The lowest BCUT2D eigenvalue weighted by Crippen LogP contribution is -2.54. The summed E-state index contributed by atoms with van der Waals surface area (Å²) in [5.41, 5.74) is 8.42. The average molecular weight is 1210 g/mol. The predicted octanol–water partition coefficient (Wildman–Crippen LogP) is 14.8. The number of halogens is 4. The molecule has 84 heavy (non-hydrogen) atoms.